The minimum atomic E-state index is -0.108. The predicted molar refractivity (Wildman–Crippen MR) is 139 cm³/mol. The first-order valence-electron chi connectivity index (χ1n) is 12.0. The van der Waals surface area contributed by atoms with Crippen LogP contribution in [0.1, 0.15) is 22.0 Å². The van der Waals surface area contributed by atoms with E-state index in [1.54, 1.807) is 23.6 Å². The minimum absolute atomic E-state index is 0.0512. The average Bonchev–Trinajstić information content (AvgIpc) is 3.37. The highest BCUT2D eigenvalue weighted by Gasteiger charge is 2.24. The van der Waals surface area contributed by atoms with Gasteiger partial charge >= 0.3 is 0 Å². The summed E-state index contributed by atoms with van der Waals surface area (Å²) in [6.07, 6.45) is 3.54. The first-order chi connectivity index (χ1) is 17.6. The van der Waals surface area contributed by atoms with Crippen molar-refractivity contribution < 1.29 is 14.3 Å². The van der Waals surface area contributed by atoms with Crippen LogP contribution in [0.4, 0.5) is 11.8 Å². The molecule has 9 nitrogen and oxygen atoms in total. The van der Waals surface area contributed by atoms with Crippen molar-refractivity contribution in [1.82, 2.24) is 19.9 Å². The Bertz CT molecular complexity index is 1370. The second-order valence-electron chi connectivity index (χ2n) is 8.83. The third-order valence-electron chi connectivity index (χ3n) is 6.50. The summed E-state index contributed by atoms with van der Waals surface area (Å²) >= 11 is 1.65. The maximum absolute atomic E-state index is 12.7. The van der Waals surface area contributed by atoms with Gasteiger partial charge in [0.2, 0.25) is 5.95 Å². The quantitative estimate of drug-likeness (QED) is 0.453. The number of pyridine rings is 1. The number of ether oxygens (including phenoxy) is 2. The molecule has 184 valence electrons. The molecule has 10 heteroatoms. The number of nitrogen functional groups attached to an aromatic ring is 1. The number of nitrogens with two attached hydrogens (primary N) is 1. The van der Waals surface area contributed by atoms with Gasteiger partial charge in [-0.2, -0.15) is 0 Å². The van der Waals surface area contributed by atoms with Crippen molar-refractivity contribution in [2.75, 3.05) is 56.6 Å². The molecular formula is C26H26N6O3S. The number of nitrogens with zero attached hydrogens (tertiary/aromatic N) is 5. The van der Waals surface area contributed by atoms with Crippen molar-refractivity contribution >= 4 is 39.2 Å². The molecule has 4 aromatic rings. The van der Waals surface area contributed by atoms with Crippen LogP contribution < -0.4 is 10.6 Å². The molecule has 3 aromatic heterocycles. The van der Waals surface area contributed by atoms with Gasteiger partial charge in [-0.1, -0.05) is 18.2 Å². The fourth-order valence-corrected chi connectivity index (χ4v) is 5.46. The van der Waals surface area contributed by atoms with Gasteiger partial charge in [-0.25, -0.2) is 15.0 Å². The number of amides is 1. The molecule has 1 aromatic carbocycles. The summed E-state index contributed by atoms with van der Waals surface area (Å²) in [7, 11) is 0. The van der Waals surface area contributed by atoms with Gasteiger partial charge in [0.05, 0.1) is 42.8 Å². The van der Waals surface area contributed by atoms with E-state index in [0.717, 1.165) is 32.8 Å². The third-order valence-corrected chi connectivity index (χ3v) is 7.61. The molecule has 2 saturated heterocycles. The van der Waals surface area contributed by atoms with Crippen LogP contribution in [0.2, 0.25) is 0 Å². The lowest BCUT2D eigenvalue weighted by molar-refractivity contribution is 0.0303. The molecule has 0 aliphatic carbocycles. The van der Waals surface area contributed by atoms with Crippen LogP contribution >= 0.6 is 11.3 Å². The number of carbonyl (C=O) groups excluding carboxylic acids is 1. The second kappa shape index (κ2) is 9.81. The van der Waals surface area contributed by atoms with Gasteiger partial charge in [-0.3, -0.25) is 4.79 Å². The first kappa shape index (κ1) is 22.8. The van der Waals surface area contributed by atoms with Crippen molar-refractivity contribution in [2.24, 2.45) is 0 Å². The Balaban J connectivity index is 1.19. The average molecular weight is 503 g/mol. The van der Waals surface area contributed by atoms with Crippen LogP contribution in [-0.4, -0.2) is 71.8 Å². The van der Waals surface area contributed by atoms with Crippen LogP contribution in [0.25, 0.3) is 20.7 Å². The van der Waals surface area contributed by atoms with E-state index >= 15 is 0 Å². The van der Waals surface area contributed by atoms with Crippen molar-refractivity contribution in [3.05, 3.63) is 66.0 Å². The van der Waals surface area contributed by atoms with E-state index in [9.17, 15) is 4.79 Å². The highest BCUT2D eigenvalue weighted by atomic mass is 32.1. The normalized spacial score (nSPS) is 18.5. The van der Waals surface area contributed by atoms with Gasteiger partial charge in [0.15, 0.2) is 0 Å². The lowest BCUT2D eigenvalue weighted by Crippen LogP contribution is -2.40. The minimum Gasteiger partial charge on any atom is -0.384 e. The van der Waals surface area contributed by atoms with E-state index in [2.05, 4.69) is 20.9 Å². The number of aromatic nitrogens is 3. The molecule has 6 rings (SSSR count). The third kappa shape index (κ3) is 4.62. The molecule has 1 atom stereocenters. The van der Waals surface area contributed by atoms with Gasteiger partial charge < -0.3 is 25.0 Å². The zero-order valence-corrected chi connectivity index (χ0v) is 20.5. The number of hydrogen-bond acceptors (Lipinski definition) is 9. The zero-order chi connectivity index (χ0) is 24.5. The number of fused-ring (bicyclic) bond motifs is 1. The fourth-order valence-electron chi connectivity index (χ4n) is 4.49. The highest BCUT2D eigenvalue weighted by Crippen LogP contribution is 2.34. The maximum Gasteiger partial charge on any atom is 0.254 e. The predicted octanol–water partition coefficient (Wildman–Crippen LogP) is 3.39. The fraction of sp³-hybridized carbons (Fsp3) is 0.308. The molecule has 36 heavy (non-hydrogen) atoms. The summed E-state index contributed by atoms with van der Waals surface area (Å²) < 4.78 is 12.3. The molecule has 2 fully saturated rings. The van der Waals surface area contributed by atoms with E-state index in [4.69, 9.17) is 20.2 Å². The molecule has 0 spiro atoms. The molecule has 2 N–H and O–H groups in total. The van der Waals surface area contributed by atoms with Gasteiger partial charge in [0.25, 0.3) is 5.91 Å². The Hall–Kier alpha value is -3.60. The van der Waals surface area contributed by atoms with Crippen LogP contribution in [0, 0.1) is 0 Å². The second-order valence-corrected chi connectivity index (χ2v) is 9.92. The van der Waals surface area contributed by atoms with Crippen molar-refractivity contribution in [3.8, 4) is 10.4 Å². The van der Waals surface area contributed by atoms with Crippen molar-refractivity contribution in [1.29, 1.82) is 0 Å². The van der Waals surface area contributed by atoms with Gasteiger partial charge in [0, 0.05) is 41.8 Å². The number of hydrogen-bond donors (Lipinski definition) is 1. The molecule has 1 unspecified atom stereocenters. The van der Waals surface area contributed by atoms with Crippen LogP contribution in [-0.2, 0) is 9.47 Å². The van der Waals surface area contributed by atoms with Gasteiger partial charge in [-0.05, 0) is 29.8 Å². The monoisotopic (exact) mass is 502 g/mol. The summed E-state index contributed by atoms with van der Waals surface area (Å²) in [5, 5.41) is 0. The molecule has 0 bridgehead atoms. The molecule has 2 aliphatic heterocycles. The molecule has 1 amide bonds. The number of benzene rings is 1. The Morgan fingerprint density at radius 3 is 2.61 bits per heavy atom. The summed E-state index contributed by atoms with van der Waals surface area (Å²) in [5.41, 5.74) is 9.37. The number of rotatable bonds is 4. The Kier molecular flexibility index (Phi) is 6.22. The summed E-state index contributed by atoms with van der Waals surface area (Å²) in [6, 6.07) is 13.6. The Morgan fingerprint density at radius 2 is 1.83 bits per heavy atom. The van der Waals surface area contributed by atoms with E-state index in [0.29, 0.717) is 56.8 Å². The maximum atomic E-state index is 12.7. The standard InChI is InChI=1S/C26H26N6O3S/c27-24-6-5-19(14-28-24)21-16-32(9-12-35-21)26-29-15-23-20(30-26)13-22(36-23)17-1-3-18(4-2-17)25(33)31-7-10-34-11-8-31/h1-6,13-15,21H,7-12,16H2,(H2,27,28). The van der Waals surface area contributed by atoms with E-state index in [1.165, 1.54) is 0 Å². The lowest BCUT2D eigenvalue weighted by atomic mass is 10.1. The van der Waals surface area contributed by atoms with Crippen LogP contribution in [0.15, 0.2) is 54.9 Å². The number of carbonyl (C=O) groups is 1. The highest BCUT2D eigenvalue weighted by molar-refractivity contribution is 7.22. The van der Waals surface area contributed by atoms with Gasteiger partial charge in [-0.15, -0.1) is 11.3 Å². The number of thiophene rings is 1. The van der Waals surface area contributed by atoms with Gasteiger partial charge in [0.1, 0.15) is 11.9 Å². The zero-order valence-electron chi connectivity index (χ0n) is 19.7. The lowest BCUT2D eigenvalue weighted by Gasteiger charge is -2.33. The smallest absolute Gasteiger partial charge is 0.254 e. The molecule has 0 saturated carbocycles. The summed E-state index contributed by atoms with van der Waals surface area (Å²) in [5.74, 6) is 1.23. The number of morpholine rings is 2. The molecule has 0 radical (unpaired) electrons. The number of anilines is 2. The summed E-state index contributed by atoms with van der Waals surface area (Å²) in [6.45, 7) is 4.42. The molecule has 5 heterocycles. The molecular weight excluding hydrogens is 476 g/mol. The first-order valence-corrected chi connectivity index (χ1v) is 12.8. The Morgan fingerprint density at radius 1 is 1.00 bits per heavy atom. The summed E-state index contributed by atoms with van der Waals surface area (Å²) in [4.78, 5) is 31.5. The topological polar surface area (TPSA) is 107 Å². The van der Waals surface area contributed by atoms with E-state index in [1.807, 2.05) is 41.4 Å². The van der Waals surface area contributed by atoms with Crippen molar-refractivity contribution in [2.45, 2.75) is 6.10 Å². The largest absolute Gasteiger partial charge is 0.384 e. The van der Waals surface area contributed by atoms with Crippen LogP contribution in [0.5, 0.6) is 0 Å². The SMILES string of the molecule is Nc1ccc(C2CN(c3ncc4sc(-c5ccc(C(=O)N6CCOCC6)cc5)cc4n3)CCO2)cn1. The van der Waals surface area contributed by atoms with E-state index in [-0.39, 0.29) is 12.0 Å². The van der Waals surface area contributed by atoms with Crippen molar-refractivity contribution in [3.63, 3.8) is 0 Å². The van der Waals surface area contributed by atoms with E-state index < -0.39 is 0 Å². The molecule has 2 aliphatic rings. The van der Waals surface area contributed by atoms with Crippen LogP contribution in [0.3, 0.4) is 0 Å². The Labute approximate surface area is 212 Å².